The highest BCUT2D eigenvalue weighted by Crippen LogP contribution is 2.42. The van der Waals surface area contributed by atoms with Crippen LogP contribution in [0.2, 0.25) is 5.02 Å². The molecule has 1 N–H and O–H groups in total. The molecule has 1 unspecified atom stereocenters. The molecule has 0 saturated carbocycles. The number of rotatable bonds is 9. The maximum absolute atomic E-state index is 6.36. The number of benzene rings is 3. The van der Waals surface area contributed by atoms with Crippen molar-refractivity contribution >= 4 is 22.4 Å². The molecule has 0 aromatic heterocycles. The summed E-state index contributed by atoms with van der Waals surface area (Å²) in [6.45, 7) is 8.30. The smallest absolute Gasteiger partial charge is 0.132 e. The van der Waals surface area contributed by atoms with Gasteiger partial charge in [-0.1, -0.05) is 68.3 Å². The predicted molar refractivity (Wildman–Crippen MR) is 122 cm³/mol. The Bertz CT molecular complexity index is 904. The van der Waals surface area contributed by atoms with E-state index in [0.717, 1.165) is 34.9 Å². The molecule has 0 aliphatic carbocycles. The SMILES string of the molecule is CCCCNC(C)c1cc2ccccc2c(-c2ccc(Cl)cc2)c1OCCC. The summed E-state index contributed by atoms with van der Waals surface area (Å²) in [5.74, 6) is 0.986. The molecule has 0 heterocycles. The van der Waals surface area contributed by atoms with Gasteiger partial charge in [0, 0.05) is 22.2 Å². The third-order valence-electron chi connectivity index (χ3n) is 5.06. The van der Waals surface area contributed by atoms with E-state index in [1.165, 1.54) is 29.2 Å². The van der Waals surface area contributed by atoms with Crippen LogP contribution < -0.4 is 10.1 Å². The van der Waals surface area contributed by atoms with Crippen LogP contribution in [-0.2, 0) is 0 Å². The molecule has 0 radical (unpaired) electrons. The molecule has 148 valence electrons. The van der Waals surface area contributed by atoms with Crippen LogP contribution in [0.1, 0.15) is 51.6 Å². The number of fused-ring (bicyclic) bond motifs is 1. The van der Waals surface area contributed by atoms with Gasteiger partial charge in [0.2, 0.25) is 0 Å². The number of hydrogen-bond donors (Lipinski definition) is 1. The molecule has 0 bridgehead atoms. The summed E-state index contributed by atoms with van der Waals surface area (Å²) in [6.07, 6.45) is 3.34. The van der Waals surface area contributed by atoms with Crippen LogP contribution in [0.5, 0.6) is 5.75 Å². The molecule has 2 nitrogen and oxygen atoms in total. The van der Waals surface area contributed by atoms with E-state index >= 15 is 0 Å². The van der Waals surface area contributed by atoms with E-state index in [1.54, 1.807) is 0 Å². The van der Waals surface area contributed by atoms with Gasteiger partial charge >= 0.3 is 0 Å². The molecule has 3 heteroatoms. The zero-order chi connectivity index (χ0) is 19.9. The van der Waals surface area contributed by atoms with Crippen LogP contribution in [0.25, 0.3) is 21.9 Å². The lowest BCUT2D eigenvalue weighted by Crippen LogP contribution is -2.20. The quantitative estimate of drug-likeness (QED) is 0.381. The van der Waals surface area contributed by atoms with Gasteiger partial charge in [-0.25, -0.2) is 0 Å². The second-order valence-corrected chi connectivity index (χ2v) is 7.71. The minimum absolute atomic E-state index is 0.217. The molecule has 28 heavy (non-hydrogen) atoms. The number of hydrogen-bond acceptors (Lipinski definition) is 2. The Morgan fingerprint density at radius 2 is 1.75 bits per heavy atom. The molecule has 3 aromatic carbocycles. The fourth-order valence-corrected chi connectivity index (χ4v) is 3.67. The van der Waals surface area contributed by atoms with E-state index in [0.29, 0.717) is 6.61 Å². The van der Waals surface area contributed by atoms with Crippen molar-refractivity contribution in [3.8, 4) is 16.9 Å². The Morgan fingerprint density at radius 1 is 1.00 bits per heavy atom. The van der Waals surface area contributed by atoms with Crippen LogP contribution in [-0.4, -0.2) is 13.2 Å². The van der Waals surface area contributed by atoms with Crippen LogP contribution in [0.15, 0.2) is 54.6 Å². The standard InChI is InChI=1S/C25H30ClNO/c1-4-6-15-27-18(3)23-17-20-9-7-8-10-22(20)24(25(23)28-16-5-2)19-11-13-21(26)14-12-19/h7-14,17-18,27H,4-6,15-16H2,1-3H3. The summed E-state index contributed by atoms with van der Waals surface area (Å²) in [6, 6.07) is 19.1. The first kappa shape index (κ1) is 20.7. The number of ether oxygens (including phenoxy) is 1. The first-order valence-electron chi connectivity index (χ1n) is 10.3. The van der Waals surface area contributed by atoms with E-state index in [2.05, 4.69) is 68.6 Å². The van der Waals surface area contributed by atoms with Crippen molar-refractivity contribution in [3.63, 3.8) is 0 Å². The lowest BCUT2D eigenvalue weighted by molar-refractivity contribution is 0.312. The third kappa shape index (κ3) is 4.68. The van der Waals surface area contributed by atoms with E-state index in [-0.39, 0.29) is 6.04 Å². The lowest BCUT2D eigenvalue weighted by atomic mass is 9.92. The molecule has 3 aromatic rings. The van der Waals surface area contributed by atoms with Gasteiger partial charge < -0.3 is 10.1 Å². The zero-order valence-electron chi connectivity index (χ0n) is 17.1. The second kappa shape index (κ2) is 9.95. The Labute approximate surface area is 173 Å². The second-order valence-electron chi connectivity index (χ2n) is 7.28. The van der Waals surface area contributed by atoms with Gasteiger partial charge in [-0.2, -0.15) is 0 Å². The van der Waals surface area contributed by atoms with Crippen LogP contribution in [0.3, 0.4) is 0 Å². The molecule has 1 atom stereocenters. The number of halogens is 1. The van der Waals surface area contributed by atoms with E-state index in [4.69, 9.17) is 16.3 Å². The summed E-state index contributed by atoms with van der Waals surface area (Å²) in [5, 5.41) is 6.85. The summed E-state index contributed by atoms with van der Waals surface area (Å²) >= 11 is 6.15. The normalized spacial score (nSPS) is 12.3. The van der Waals surface area contributed by atoms with Crippen molar-refractivity contribution in [2.75, 3.05) is 13.2 Å². The summed E-state index contributed by atoms with van der Waals surface area (Å²) < 4.78 is 6.36. The Morgan fingerprint density at radius 3 is 2.46 bits per heavy atom. The monoisotopic (exact) mass is 395 g/mol. The lowest BCUT2D eigenvalue weighted by Gasteiger charge is -2.23. The summed E-state index contributed by atoms with van der Waals surface area (Å²) in [7, 11) is 0. The molecular weight excluding hydrogens is 366 g/mol. The average molecular weight is 396 g/mol. The molecule has 0 aliphatic heterocycles. The van der Waals surface area contributed by atoms with Crippen molar-refractivity contribution in [2.24, 2.45) is 0 Å². The minimum Gasteiger partial charge on any atom is -0.493 e. The summed E-state index contributed by atoms with van der Waals surface area (Å²) in [4.78, 5) is 0. The first-order valence-corrected chi connectivity index (χ1v) is 10.7. The fraction of sp³-hybridized carbons (Fsp3) is 0.360. The first-order chi connectivity index (χ1) is 13.7. The van der Waals surface area contributed by atoms with Gasteiger partial charge in [0.15, 0.2) is 0 Å². The molecule has 0 saturated heterocycles. The molecule has 0 amide bonds. The number of unbranched alkanes of at least 4 members (excludes halogenated alkanes) is 1. The van der Waals surface area contributed by atoms with Crippen molar-refractivity contribution in [2.45, 2.75) is 46.1 Å². The van der Waals surface area contributed by atoms with Crippen molar-refractivity contribution in [1.29, 1.82) is 0 Å². The Balaban J connectivity index is 2.19. The van der Waals surface area contributed by atoms with Crippen molar-refractivity contribution in [3.05, 3.63) is 65.2 Å². The highest BCUT2D eigenvalue weighted by atomic mass is 35.5. The van der Waals surface area contributed by atoms with E-state index < -0.39 is 0 Å². The van der Waals surface area contributed by atoms with Gasteiger partial charge in [0.25, 0.3) is 0 Å². The zero-order valence-corrected chi connectivity index (χ0v) is 17.9. The third-order valence-corrected chi connectivity index (χ3v) is 5.31. The van der Waals surface area contributed by atoms with Crippen LogP contribution in [0.4, 0.5) is 0 Å². The molecule has 0 aliphatic rings. The largest absolute Gasteiger partial charge is 0.493 e. The Hall–Kier alpha value is -2.03. The van der Waals surface area contributed by atoms with E-state index in [9.17, 15) is 0 Å². The summed E-state index contributed by atoms with van der Waals surface area (Å²) in [5.41, 5.74) is 3.50. The molecule has 3 rings (SSSR count). The minimum atomic E-state index is 0.217. The van der Waals surface area contributed by atoms with Crippen molar-refractivity contribution in [1.82, 2.24) is 5.32 Å². The van der Waals surface area contributed by atoms with Gasteiger partial charge in [0.1, 0.15) is 5.75 Å². The number of nitrogens with one attached hydrogen (secondary N) is 1. The van der Waals surface area contributed by atoms with Gasteiger partial charge in [-0.3, -0.25) is 0 Å². The molecule has 0 fully saturated rings. The predicted octanol–water partition coefficient (Wildman–Crippen LogP) is 7.40. The Kier molecular flexibility index (Phi) is 7.36. The fourth-order valence-electron chi connectivity index (χ4n) is 3.54. The van der Waals surface area contributed by atoms with Gasteiger partial charge in [-0.15, -0.1) is 0 Å². The molecule has 0 spiro atoms. The van der Waals surface area contributed by atoms with E-state index in [1.807, 2.05) is 12.1 Å². The highest BCUT2D eigenvalue weighted by molar-refractivity contribution is 6.30. The average Bonchev–Trinajstić information content (AvgIpc) is 2.72. The maximum Gasteiger partial charge on any atom is 0.132 e. The van der Waals surface area contributed by atoms with Gasteiger partial charge in [0.05, 0.1) is 6.61 Å². The van der Waals surface area contributed by atoms with Crippen LogP contribution in [0, 0.1) is 0 Å². The topological polar surface area (TPSA) is 21.3 Å². The van der Waals surface area contributed by atoms with Gasteiger partial charge in [-0.05, 0) is 60.8 Å². The van der Waals surface area contributed by atoms with Crippen LogP contribution >= 0.6 is 11.6 Å². The molecular formula is C25H30ClNO. The maximum atomic E-state index is 6.36. The highest BCUT2D eigenvalue weighted by Gasteiger charge is 2.20. The van der Waals surface area contributed by atoms with Crippen molar-refractivity contribution < 1.29 is 4.74 Å².